The standard InChI is InChI=1S/C27H37N9O5/c28-9-5-4-8-20(29)24(37)34-21(10-17-6-2-1-3-7-17)25(38)35-22(11-18-13-30-15-32-18)26(39)36-23(27(40)41)12-19-14-31-16-33-19/h1-3,6-7,13-16,20-23H,4-5,8-12,28-29H2,(H,30,32)(H,31,33)(H,34,37)(H,35,38)(H,36,39)(H,40,41). The molecule has 0 radical (unpaired) electrons. The van der Waals surface area contributed by atoms with E-state index in [0.717, 1.165) is 12.0 Å². The van der Waals surface area contributed by atoms with Gasteiger partial charge in [-0.2, -0.15) is 0 Å². The highest BCUT2D eigenvalue weighted by molar-refractivity contribution is 5.94. The van der Waals surface area contributed by atoms with Gasteiger partial charge in [0.2, 0.25) is 17.7 Å². The Bertz CT molecular complexity index is 1240. The lowest BCUT2D eigenvalue weighted by molar-refractivity contribution is -0.142. The summed E-state index contributed by atoms with van der Waals surface area (Å²) in [6.07, 6.45) is 7.67. The fourth-order valence-corrected chi connectivity index (χ4v) is 4.16. The molecule has 0 aliphatic heterocycles. The van der Waals surface area contributed by atoms with Gasteiger partial charge in [0.25, 0.3) is 0 Å². The summed E-state index contributed by atoms with van der Waals surface area (Å²) in [6.45, 7) is 0.484. The average molecular weight is 568 g/mol. The first-order valence-corrected chi connectivity index (χ1v) is 13.3. The monoisotopic (exact) mass is 567 g/mol. The van der Waals surface area contributed by atoms with E-state index < -0.39 is 47.9 Å². The van der Waals surface area contributed by atoms with E-state index in [4.69, 9.17) is 11.5 Å². The van der Waals surface area contributed by atoms with Crippen LogP contribution in [0.2, 0.25) is 0 Å². The molecule has 3 aromatic rings. The summed E-state index contributed by atoms with van der Waals surface area (Å²) in [7, 11) is 0. The predicted octanol–water partition coefficient (Wildman–Crippen LogP) is -0.844. The van der Waals surface area contributed by atoms with Crippen molar-refractivity contribution >= 4 is 23.7 Å². The maximum atomic E-state index is 13.6. The van der Waals surface area contributed by atoms with Crippen LogP contribution in [0.15, 0.2) is 55.4 Å². The molecule has 3 rings (SSSR count). The topological polar surface area (TPSA) is 234 Å². The number of H-pyrrole nitrogens is 2. The van der Waals surface area contributed by atoms with Crippen LogP contribution in [0.25, 0.3) is 0 Å². The molecule has 0 aliphatic carbocycles. The molecule has 41 heavy (non-hydrogen) atoms. The first-order chi connectivity index (χ1) is 19.8. The Balaban J connectivity index is 1.77. The summed E-state index contributed by atoms with van der Waals surface area (Å²) in [6, 6.07) is 4.73. The van der Waals surface area contributed by atoms with Gasteiger partial charge in [0.05, 0.1) is 18.7 Å². The van der Waals surface area contributed by atoms with E-state index in [0.29, 0.717) is 30.8 Å². The molecule has 3 amide bonds. The second kappa shape index (κ2) is 15.9. The SMILES string of the molecule is NCCCCC(N)C(=O)NC(Cc1ccccc1)C(=O)NC(Cc1cnc[nH]1)C(=O)NC(Cc1cnc[nH]1)C(=O)O. The number of nitrogens with two attached hydrogens (primary N) is 2. The van der Waals surface area contributed by atoms with Crippen molar-refractivity contribution in [2.24, 2.45) is 11.5 Å². The molecule has 14 nitrogen and oxygen atoms in total. The Kier molecular flexibility index (Phi) is 12.0. The summed E-state index contributed by atoms with van der Waals surface area (Å²) >= 11 is 0. The van der Waals surface area contributed by atoms with E-state index >= 15 is 0 Å². The smallest absolute Gasteiger partial charge is 0.326 e. The number of carboxylic acids is 1. The lowest BCUT2D eigenvalue weighted by Crippen LogP contribution is -2.58. The van der Waals surface area contributed by atoms with Gasteiger partial charge in [-0.15, -0.1) is 0 Å². The highest BCUT2D eigenvalue weighted by atomic mass is 16.4. The van der Waals surface area contributed by atoms with Crippen LogP contribution in [0, 0.1) is 0 Å². The molecule has 4 atom stereocenters. The summed E-state index contributed by atoms with van der Waals surface area (Å²) in [5.41, 5.74) is 13.4. The lowest BCUT2D eigenvalue weighted by atomic mass is 10.0. The van der Waals surface area contributed by atoms with Gasteiger partial charge in [-0.05, 0) is 24.9 Å². The number of imidazole rings is 2. The first-order valence-electron chi connectivity index (χ1n) is 13.3. The fraction of sp³-hybridized carbons (Fsp3) is 0.407. The number of aromatic amines is 2. The van der Waals surface area contributed by atoms with Crippen molar-refractivity contribution in [1.82, 2.24) is 35.9 Å². The minimum atomic E-state index is -1.28. The number of nitrogens with one attached hydrogen (secondary N) is 5. The van der Waals surface area contributed by atoms with Crippen molar-refractivity contribution in [3.05, 3.63) is 72.3 Å². The number of amides is 3. The van der Waals surface area contributed by atoms with Crippen LogP contribution in [0.5, 0.6) is 0 Å². The fourth-order valence-electron chi connectivity index (χ4n) is 4.16. The van der Waals surface area contributed by atoms with E-state index in [1.165, 1.54) is 25.0 Å². The Morgan fingerprint density at radius 3 is 1.85 bits per heavy atom. The van der Waals surface area contributed by atoms with Crippen molar-refractivity contribution in [3.8, 4) is 0 Å². The number of carbonyl (C=O) groups is 4. The predicted molar refractivity (Wildman–Crippen MR) is 149 cm³/mol. The third-order valence-electron chi connectivity index (χ3n) is 6.43. The Hall–Kier alpha value is -4.56. The van der Waals surface area contributed by atoms with Crippen molar-refractivity contribution in [2.45, 2.75) is 62.7 Å². The second-order valence-electron chi connectivity index (χ2n) is 9.66. The third-order valence-corrected chi connectivity index (χ3v) is 6.43. The van der Waals surface area contributed by atoms with E-state index in [1.54, 1.807) is 0 Å². The Labute approximate surface area is 237 Å². The summed E-state index contributed by atoms with van der Waals surface area (Å²) in [4.78, 5) is 65.2. The molecule has 0 saturated carbocycles. The molecule has 220 valence electrons. The van der Waals surface area contributed by atoms with E-state index in [1.807, 2.05) is 30.3 Å². The van der Waals surface area contributed by atoms with Crippen molar-refractivity contribution < 1.29 is 24.3 Å². The van der Waals surface area contributed by atoms with Crippen molar-refractivity contribution in [2.75, 3.05) is 6.54 Å². The Morgan fingerprint density at radius 2 is 1.32 bits per heavy atom. The van der Waals surface area contributed by atoms with Crippen LogP contribution in [-0.4, -0.2) is 79.4 Å². The second-order valence-corrected chi connectivity index (χ2v) is 9.66. The maximum Gasteiger partial charge on any atom is 0.326 e. The largest absolute Gasteiger partial charge is 0.480 e. The molecule has 1 aromatic carbocycles. The molecule has 0 aliphatic rings. The molecule has 0 spiro atoms. The van der Waals surface area contributed by atoms with Gasteiger partial charge in [0.15, 0.2) is 0 Å². The summed E-state index contributed by atoms with van der Waals surface area (Å²) in [5.74, 6) is -3.10. The molecular weight excluding hydrogens is 530 g/mol. The molecule has 0 fully saturated rings. The molecule has 2 heterocycles. The number of rotatable bonds is 17. The van der Waals surface area contributed by atoms with Gasteiger partial charge in [0, 0.05) is 43.0 Å². The molecule has 14 heteroatoms. The van der Waals surface area contributed by atoms with Gasteiger partial charge in [-0.1, -0.05) is 36.8 Å². The molecule has 0 saturated heterocycles. The van der Waals surface area contributed by atoms with Crippen molar-refractivity contribution in [3.63, 3.8) is 0 Å². The molecule has 10 N–H and O–H groups in total. The molecule has 2 aromatic heterocycles. The normalized spacial score (nSPS) is 13.9. The number of carboxylic acid groups (broad SMARTS) is 1. The summed E-state index contributed by atoms with van der Waals surface area (Å²) < 4.78 is 0. The van der Waals surface area contributed by atoms with Gasteiger partial charge in [-0.25, -0.2) is 14.8 Å². The third kappa shape index (κ3) is 10.2. The number of nitrogens with zero attached hydrogens (tertiary/aromatic N) is 2. The minimum absolute atomic E-state index is 0.00141. The number of hydrogen-bond acceptors (Lipinski definition) is 8. The van der Waals surface area contributed by atoms with Crippen LogP contribution in [0.4, 0.5) is 0 Å². The molecule has 0 bridgehead atoms. The molecular formula is C27H37N9O5. The van der Waals surface area contributed by atoms with Gasteiger partial charge < -0.3 is 42.5 Å². The van der Waals surface area contributed by atoms with Crippen molar-refractivity contribution in [1.29, 1.82) is 0 Å². The van der Waals surface area contributed by atoms with E-state index in [9.17, 15) is 24.3 Å². The van der Waals surface area contributed by atoms with E-state index in [-0.39, 0.29) is 19.3 Å². The average Bonchev–Trinajstić information content (AvgIpc) is 3.67. The number of aliphatic carboxylic acids is 1. The minimum Gasteiger partial charge on any atom is -0.480 e. The van der Waals surface area contributed by atoms with Crippen LogP contribution in [0.3, 0.4) is 0 Å². The maximum absolute atomic E-state index is 13.6. The highest BCUT2D eigenvalue weighted by Gasteiger charge is 2.31. The number of aromatic nitrogens is 4. The number of carbonyl (C=O) groups excluding carboxylic acids is 3. The van der Waals surface area contributed by atoms with Crippen LogP contribution < -0.4 is 27.4 Å². The zero-order valence-electron chi connectivity index (χ0n) is 22.6. The zero-order chi connectivity index (χ0) is 29.6. The van der Waals surface area contributed by atoms with E-state index in [2.05, 4.69) is 35.9 Å². The van der Waals surface area contributed by atoms with Crippen LogP contribution >= 0.6 is 0 Å². The number of hydrogen-bond donors (Lipinski definition) is 8. The zero-order valence-corrected chi connectivity index (χ0v) is 22.6. The number of benzene rings is 1. The first kappa shape index (κ1) is 31.0. The van der Waals surface area contributed by atoms with Gasteiger partial charge in [0.1, 0.15) is 18.1 Å². The summed E-state index contributed by atoms with van der Waals surface area (Å²) in [5, 5.41) is 17.6. The lowest BCUT2D eigenvalue weighted by Gasteiger charge is -2.25. The Morgan fingerprint density at radius 1 is 0.780 bits per heavy atom. The molecule has 4 unspecified atom stereocenters. The number of unbranched alkanes of at least 4 members (excludes halogenated alkanes) is 1. The van der Waals surface area contributed by atoms with Crippen LogP contribution in [-0.2, 0) is 38.4 Å². The quantitative estimate of drug-likeness (QED) is 0.0948. The van der Waals surface area contributed by atoms with Crippen LogP contribution in [0.1, 0.15) is 36.2 Å². The highest BCUT2D eigenvalue weighted by Crippen LogP contribution is 2.08. The van der Waals surface area contributed by atoms with Gasteiger partial charge >= 0.3 is 5.97 Å². The van der Waals surface area contributed by atoms with Gasteiger partial charge in [-0.3, -0.25) is 14.4 Å².